The molecule has 2 heterocycles. The van der Waals surface area contributed by atoms with Gasteiger partial charge in [0.05, 0.1) is 0 Å². The lowest BCUT2D eigenvalue weighted by Crippen LogP contribution is -2.38. The largest absolute Gasteiger partial charge is 0.314 e. The molecule has 0 saturated carbocycles. The molecule has 0 bridgehead atoms. The first kappa shape index (κ1) is 16.0. The average molecular weight is 295 g/mol. The summed E-state index contributed by atoms with van der Waals surface area (Å²) in [7, 11) is 0. The lowest BCUT2D eigenvalue weighted by molar-refractivity contribution is 0.364. The van der Waals surface area contributed by atoms with Crippen LogP contribution in [0.4, 0.5) is 0 Å². The van der Waals surface area contributed by atoms with E-state index in [1.165, 1.54) is 56.4 Å². The van der Waals surface area contributed by atoms with Gasteiger partial charge in [0.25, 0.3) is 0 Å². The normalized spacial score (nSPS) is 23.2. The molecule has 1 aliphatic heterocycles. The van der Waals surface area contributed by atoms with Gasteiger partial charge in [0.1, 0.15) is 0 Å². The van der Waals surface area contributed by atoms with Crippen LogP contribution in [0.1, 0.15) is 69.7 Å². The standard InChI is InChI=1S/C17H30N2S/c1-3-8-16(17-10-7-12-20-17)19-14(2)13-15-9-5-4-6-11-18-15/h7,10,12,14-16,18-19H,3-6,8-9,11,13H2,1-2H3. The third kappa shape index (κ3) is 5.19. The van der Waals surface area contributed by atoms with Crippen molar-refractivity contribution in [3.8, 4) is 0 Å². The fourth-order valence-corrected chi connectivity index (χ4v) is 4.05. The second kappa shape index (κ2) is 8.81. The van der Waals surface area contributed by atoms with Crippen LogP contribution in [0.2, 0.25) is 0 Å². The maximum absolute atomic E-state index is 3.86. The van der Waals surface area contributed by atoms with Crippen molar-refractivity contribution in [1.82, 2.24) is 10.6 Å². The van der Waals surface area contributed by atoms with E-state index in [9.17, 15) is 0 Å². The third-order valence-corrected chi connectivity index (χ3v) is 5.24. The SMILES string of the molecule is CCCC(NC(C)CC1CCCCCN1)c1cccs1. The Bertz CT molecular complexity index is 342. The van der Waals surface area contributed by atoms with Crippen molar-refractivity contribution >= 4 is 11.3 Å². The molecule has 2 nitrogen and oxygen atoms in total. The fourth-order valence-electron chi connectivity index (χ4n) is 3.23. The van der Waals surface area contributed by atoms with Gasteiger partial charge in [-0.3, -0.25) is 0 Å². The van der Waals surface area contributed by atoms with E-state index in [1.807, 2.05) is 11.3 Å². The van der Waals surface area contributed by atoms with Crippen LogP contribution < -0.4 is 10.6 Å². The molecular weight excluding hydrogens is 264 g/mol. The Morgan fingerprint density at radius 2 is 2.30 bits per heavy atom. The highest BCUT2D eigenvalue weighted by molar-refractivity contribution is 7.10. The minimum atomic E-state index is 0.542. The summed E-state index contributed by atoms with van der Waals surface area (Å²) >= 11 is 1.88. The molecule has 3 atom stereocenters. The number of rotatable bonds is 7. The van der Waals surface area contributed by atoms with Gasteiger partial charge in [-0.1, -0.05) is 32.3 Å². The van der Waals surface area contributed by atoms with Crippen LogP contribution in [-0.4, -0.2) is 18.6 Å². The summed E-state index contributed by atoms with van der Waals surface area (Å²) in [5, 5.41) is 9.77. The Morgan fingerprint density at radius 1 is 1.40 bits per heavy atom. The summed E-state index contributed by atoms with van der Waals surface area (Å²) in [5.41, 5.74) is 0. The number of nitrogens with one attached hydrogen (secondary N) is 2. The highest BCUT2D eigenvalue weighted by Gasteiger charge is 2.18. The van der Waals surface area contributed by atoms with Gasteiger partial charge in [-0.25, -0.2) is 0 Å². The van der Waals surface area contributed by atoms with E-state index in [-0.39, 0.29) is 0 Å². The van der Waals surface area contributed by atoms with Crippen LogP contribution in [0.25, 0.3) is 0 Å². The zero-order chi connectivity index (χ0) is 14.2. The molecular formula is C17H30N2S. The molecule has 1 aromatic heterocycles. The smallest absolute Gasteiger partial charge is 0.0416 e. The van der Waals surface area contributed by atoms with Crippen molar-refractivity contribution < 1.29 is 0 Å². The molecule has 2 rings (SSSR count). The summed E-state index contributed by atoms with van der Waals surface area (Å²) in [6.07, 6.45) is 9.24. The van der Waals surface area contributed by atoms with Crippen LogP contribution in [0.5, 0.6) is 0 Å². The van der Waals surface area contributed by atoms with E-state index in [4.69, 9.17) is 0 Å². The van der Waals surface area contributed by atoms with Crippen LogP contribution in [0.15, 0.2) is 17.5 Å². The summed E-state index contributed by atoms with van der Waals surface area (Å²) in [6.45, 7) is 5.84. The number of hydrogen-bond acceptors (Lipinski definition) is 3. The predicted molar refractivity (Wildman–Crippen MR) is 89.4 cm³/mol. The Morgan fingerprint density at radius 3 is 3.05 bits per heavy atom. The molecule has 1 aromatic rings. The van der Waals surface area contributed by atoms with E-state index in [1.54, 1.807) is 0 Å². The second-order valence-corrected chi connectivity index (χ2v) is 7.14. The first-order valence-electron chi connectivity index (χ1n) is 8.32. The molecule has 1 saturated heterocycles. The highest BCUT2D eigenvalue weighted by atomic mass is 32.1. The van der Waals surface area contributed by atoms with Gasteiger partial charge in [0.15, 0.2) is 0 Å². The van der Waals surface area contributed by atoms with Gasteiger partial charge in [-0.15, -0.1) is 11.3 Å². The molecule has 0 aromatic carbocycles. The first-order chi connectivity index (χ1) is 9.79. The van der Waals surface area contributed by atoms with Crippen molar-refractivity contribution in [2.45, 2.75) is 76.9 Å². The Labute approximate surface area is 128 Å². The topological polar surface area (TPSA) is 24.1 Å². The van der Waals surface area contributed by atoms with E-state index < -0.39 is 0 Å². The van der Waals surface area contributed by atoms with Gasteiger partial charge >= 0.3 is 0 Å². The van der Waals surface area contributed by atoms with Gasteiger partial charge < -0.3 is 10.6 Å². The summed E-state index contributed by atoms with van der Waals surface area (Å²) in [4.78, 5) is 1.49. The molecule has 0 spiro atoms. The molecule has 114 valence electrons. The van der Waals surface area contributed by atoms with Crippen molar-refractivity contribution in [3.63, 3.8) is 0 Å². The average Bonchev–Trinajstić information content (AvgIpc) is 2.85. The second-order valence-electron chi connectivity index (χ2n) is 6.16. The molecule has 3 heteroatoms. The highest BCUT2D eigenvalue weighted by Crippen LogP contribution is 2.24. The van der Waals surface area contributed by atoms with Crippen LogP contribution in [-0.2, 0) is 0 Å². The molecule has 1 aliphatic rings. The molecule has 0 radical (unpaired) electrons. The van der Waals surface area contributed by atoms with E-state index in [0.29, 0.717) is 18.1 Å². The van der Waals surface area contributed by atoms with Crippen molar-refractivity contribution in [2.24, 2.45) is 0 Å². The third-order valence-electron chi connectivity index (χ3n) is 4.25. The summed E-state index contributed by atoms with van der Waals surface area (Å²) in [6, 6.07) is 6.28. The summed E-state index contributed by atoms with van der Waals surface area (Å²) in [5.74, 6) is 0. The Balaban J connectivity index is 1.82. The molecule has 3 unspecified atom stereocenters. The first-order valence-corrected chi connectivity index (χ1v) is 9.20. The Hall–Kier alpha value is -0.380. The monoisotopic (exact) mass is 294 g/mol. The molecule has 20 heavy (non-hydrogen) atoms. The van der Waals surface area contributed by atoms with E-state index in [2.05, 4.69) is 42.0 Å². The zero-order valence-corrected chi connectivity index (χ0v) is 13.8. The predicted octanol–water partition coefficient (Wildman–Crippen LogP) is 4.49. The lowest BCUT2D eigenvalue weighted by Gasteiger charge is -2.26. The zero-order valence-electron chi connectivity index (χ0n) is 13.0. The van der Waals surface area contributed by atoms with Crippen molar-refractivity contribution in [3.05, 3.63) is 22.4 Å². The van der Waals surface area contributed by atoms with Crippen LogP contribution in [0.3, 0.4) is 0 Å². The minimum Gasteiger partial charge on any atom is -0.314 e. The maximum Gasteiger partial charge on any atom is 0.0416 e. The maximum atomic E-state index is 3.86. The van der Waals surface area contributed by atoms with E-state index in [0.717, 1.165) is 0 Å². The molecule has 0 amide bonds. The number of hydrogen-bond donors (Lipinski definition) is 2. The van der Waals surface area contributed by atoms with Gasteiger partial charge in [-0.05, 0) is 50.6 Å². The van der Waals surface area contributed by atoms with Gasteiger partial charge in [0, 0.05) is 23.0 Å². The summed E-state index contributed by atoms with van der Waals surface area (Å²) < 4.78 is 0. The quantitative estimate of drug-likeness (QED) is 0.774. The van der Waals surface area contributed by atoms with Crippen molar-refractivity contribution in [2.75, 3.05) is 6.54 Å². The minimum absolute atomic E-state index is 0.542. The van der Waals surface area contributed by atoms with Crippen LogP contribution >= 0.6 is 11.3 Å². The number of thiophene rings is 1. The van der Waals surface area contributed by atoms with E-state index >= 15 is 0 Å². The van der Waals surface area contributed by atoms with Gasteiger partial charge in [0.2, 0.25) is 0 Å². The fraction of sp³-hybridized carbons (Fsp3) is 0.765. The Kier molecular flexibility index (Phi) is 7.05. The lowest BCUT2D eigenvalue weighted by atomic mass is 10.0. The molecule has 0 aliphatic carbocycles. The van der Waals surface area contributed by atoms with Crippen LogP contribution in [0, 0.1) is 0 Å². The molecule has 2 N–H and O–H groups in total. The van der Waals surface area contributed by atoms with Crippen molar-refractivity contribution in [1.29, 1.82) is 0 Å². The van der Waals surface area contributed by atoms with Gasteiger partial charge in [-0.2, -0.15) is 0 Å². The molecule has 1 fully saturated rings.